The molecule has 0 atom stereocenters. The molecule has 0 aromatic heterocycles. The molecule has 0 aromatic rings. The van der Waals surface area contributed by atoms with Crippen molar-refractivity contribution < 1.29 is 4.74 Å². The van der Waals surface area contributed by atoms with Gasteiger partial charge in [0.1, 0.15) is 0 Å². The SMILES string of the molecule is CC.CC.COCC1CCNCC1. The van der Waals surface area contributed by atoms with E-state index in [4.69, 9.17) is 4.74 Å². The fourth-order valence-corrected chi connectivity index (χ4v) is 1.28. The minimum atomic E-state index is 0.816. The van der Waals surface area contributed by atoms with Gasteiger partial charge in [0.05, 0.1) is 0 Å². The maximum Gasteiger partial charge on any atom is 0.0491 e. The van der Waals surface area contributed by atoms with Crippen molar-refractivity contribution in [3.05, 3.63) is 0 Å². The number of piperidine rings is 1. The van der Waals surface area contributed by atoms with Crippen LogP contribution in [0.15, 0.2) is 0 Å². The van der Waals surface area contributed by atoms with Crippen LogP contribution in [-0.2, 0) is 4.74 Å². The Balaban J connectivity index is 0. The molecule has 1 aliphatic rings. The third-order valence-electron chi connectivity index (χ3n) is 1.86. The summed E-state index contributed by atoms with van der Waals surface area (Å²) in [6, 6.07) is 0. The summed E-state index contributed by atoms with van der Waals surface area (Å²) in [6.45, 7) is 11.3. The van der Waals surface area contributed by atoms with Gasteiger partial charge in [0.25, 0.3) is 0 Å². The number of methoxy groups -OCH3 is 1. The molecule has 0 bridgehead atoms. The average molecular weight is 189 g/mol. The number of hydrogen-bond acceptors (Lipinski definition) is 2. The van der Waals surface area contributed by atoms with Crippen molar-refractivity contribution in [2.45, 2.75) is 40.5 Å². The van der Waals surface area contributed by atoms with Crippen LogP contribution in [-0.4, -0.2) is 26.8 Å². The normalized spacial score (nSPS) is 16.4. The zero-order chi connectivity index (χ0) is 10.5. The van der Waals surface area contributed by atoms with E-state index < -0.39 is 0 Å². The highest BCUT2D eigenvalue weighted by molar-refractivity contribution is 4.67. The first kappa shape index (κ1) is 15.4. The average Bonchev–Trinajstić information content (AvgIpc) is 2.26. The van der Waals surface area contributed by atoms with Gasteiger partial charge in [-0.05, 0) is 31.8 Å². The van der Waals surface area contributed by atoms with Crippen molar-refractivity contribution in [3.63, 3.8) is 0 Å². The third kappa shape index (κ3) is 9.84. The fraction of sp³-hybridized carbons (Fsp3) is 1.00. The summed E-state index contributed by atoms with van der Waals surface area (Å²) >= 11 is 0. The van der Waals surface area contributed by atoms with Crippen molar-refractivity contribution >= 4 is 0 Å². The summed E-state index contributed by atoms with van der Waals surface area (Å²) in [5, 5.41) is 3.32. The quantitative estimate of drug-likeness (QED) is 0.721. The largest absolute Gasteiger partial charge is 0.384 e. The second kappa shape index (κ2) is 14.4. The van der Waals surface area contributed by atoms with Crippen LogP contribution in [0, 0.1) is 5.92 Å². The van der Waals surface area contributed by atoms with Gasteiger partial charge in [0, 0.05) is 13.7 Å². The van der Waals surface area contributed by atoms with Crippen molar-refractivity contribution in [1.29, 1.82) is 0 Å². The Labute approximate surface area is 84.1 Å². The molecule has 0 amide bonds. The lowest BCUT2D eigenvalue weighted by Crippen LogP contribution is -2.29. The number of rotatable bonds is 2. The van der Waals surface area contributed by atoms with E-state index in [-0.39, 0.29) is 0 Å². The van der Waals surface area contributed by atoms with Gasteiger partial charge in [-0.25, -0.2) is 0 Å². The van der Waals surface area contributed by atoms with E-state index in [9.17, 15) is 0 Å². The topological polar surface area (TPSA) is 21.3 Å². The Kier molecular flexibility index (Phi) is 17.1. The van der Waals surface area contributed by atoms with Gasteiger partial charge in [0.2, 0.25) is 0 Å². The van der Waals surface area contributed by atoms with E-state index in [1.807, 2.05) is 27.7 Å². The molecule has 1 rings (SSSR count). The Hall–Kier alpha value is -0.0800. The van der Waals surface area contributed by atoms with E-state index in [0.29, 0.717) is 0 Å². The first-order valence-electron chi connectivity index (χ1n) is 5.63. The highest BCUT2D eigenvalue weighted by Gasteiger charge is 2.11. The maximum atomic E-state index is 5.05. The number of hydrogen-bond donors (Lipinski definition) is 1. The summed E-state index contributed by atoms with van der Waals surface area (Å²) < 4.78 is 5.05. The molecule has 2 nitrogen and oxygen atoms in total. The van der Waals surface area contributed by atoms with Crippen molar-refractivity contribution in [2.75, 3.05) is 26.8 Å². The van der Waals surface area contributed by atoms with Gasteiger partial charge in [-0.2, -0.15) is 0 Å². The monoisotopic (exact) mass is 189 g/mol. The molecule has 13 heavy (non-hydrogen) atoms. The Morgan fingerprint density at radius 2 is 1.54 bits per heavy atom. The van der Waals surface area contributed by atoms with Gasteiger partial charge in [-0.3, -0.25) is 0 Å². The van der Waals surface area contributed by atoms with Gasteiger partial charge >= 0.3 is 0 Å². The molecule has 0 unspecified atom stereocenters. The molecule has 82 valence electrons. The third-order valence-corrected chi connectivity index (χ3v) is 1.86. The van der Waals surface area contributed by atoms with E-state index in [1.165, 1.54) is 25.9 Å². The molecular formula is C11H27NO. The molecular weight excluding hydrogens is 162 g/mol. The van der Waals surface area contributed by atoms with Crippen LogP contribution in [0.25, 0.3) is 0 Å². The Bertz CT molecular complexity index is 67.7. The molecule has 0 aliphatic carbocycles. The van der Waals surface area contributed by atoms with Gasteiger partial charge in [-0.15, -0.1) is 0 Å². The van der Waals surface area contributed by atoms with E-state index in [0.717, 1.165) is 12.5 Å². The van der Waals surface area contributed by atoms with Crippen LogP contribution < -0.4 is 5.32 Å². The van der Waals surface area contributed by atoms with Crippen LogP contribution in [0.2, 0.25) is 0 Å². The summed E-state index contributed by atoms with van der Waals surface area (Å²) in [4.78, 5) is 0. The summed E-state index contributed by atoms with van der Waals surface area (Å²) in [5.74, 6) is 0.816. The Morgan fingerprint density at radius 1 is 1.08 bits per heavy atom. The molecule has 1 N–H and O–H groups in total. The van der Waals surface area contributed by atoms with Crippen LogP contribution in [0.5, 0.6) is 0 Å². The second-order valence-corrected chi connectivity index (χ2v) is 2.65. The predicted molar refractivity (Wildman–Crippen MR) is 60.2 cm³/mol. The molecule has 0 aromatic carbocycles. The van der Waals surface area contributed by atoms with Crippen LogP contribution in [0.3, 0.4) is 0 Å². The van der Waals surface area contributed by atoms with Crippen LogP contribution in [0.1, 0.15) is 40.5 Å². The molecule has 1 aliphatic heterocycles. The van der Waals surface area contributed by atoms with Gasteiger partial charge in [0.15, 0.2) is 0 Å². The zero-order valence-corrected chi connectivity index (χ0v) is 10.0. The van der Waals surface area contributed by atoms with E-state index in [1.54, 1.807) is 7.11 Å². The van der Waals surface area contributed by atoms with Gasteiger partial charge < -0.3 is 10.1 Å². The first-order chi connectivity index (χ1) is 6.43. The van der Waals surface area contributed by atoms with Crippen LogP contribution in [0.4, 0.5) is 0 Å². The first-order valence-corrected chi connectivity index (χ1v) is 5.63. The standard InChI is InChI=1S/C7H15NO.2C2H6/c1-9-6-7-2-4-8-5-3-7;2*1-2/h7-8H,2-6H2,1H3;2*1-2H3. The number of ether oxygens (including phenoxy) is 1. The van der Waals surface area contributed by atoms with Crippen molar-refractivity contribution in [1.82, 2.24) is 5.32 Å². The molecule has 0 saturated carbocycles. The lowest BCUT2D eigenvalue weighted by Gasteiger charge is -2.21. The maximum absolute atomic E-state index is 5.05. The smallest absolute Gasteiger partial charge is 0.0491 e. The Morgan fingerprint density at radius 3 is 1.92 bits per heavy atom. The summed E-state index contributed by atoms with van der Waals surface area (Å²) in [7, 11) is 1.78. The van der Waals surface area contributed by atoms with Gasteiger partial charge in [-0.1, -0.05) is 27.7 Å². The lowest BCUT2D eigenvalue weighted by molar-refractivity contribution is 0.135. The highest BCUT2D eigenvalue weighted by atomic mass is 16.5. The molecule has 1 heterocycles. The van der Waals surface area contributed by atoms with E-state index >= 15 is 0 Å². The highest BCUT2D eigenvalue weighted by Crippen LogP contribution is 2.10. The summed E-state index contributed by atoms with van der Waals surface area (Å²) in [6.07, 6.45) is 2.57. The minimum absolute atomic E-state index is 0.816. The second-order valence-electron chi connectivity index (χ2n) is 2.65. The molecule has 0 spiro atoms. The summed E-state index contributed by atoms with van der Waals surface area (Å²) in [5.41, 5.74) is 0. The molecule has 1 saturated heterocycles. The fourth-order valence-electron chi connectivity index (χ4n) is 1.28. The molecule has 0 radical (unpaired) electrons. The number of nitrogens with one attached hydrogen (secondary N) is 1. The molecule has 2 heteroatoms. The van der Waals surface area contributed by atoms with Crippen LogP contribution >= 0.6 is 0 Å². The molecule has 1 fully saturated rings. The zero-order valence-electron chi connectivity index (χ0n) is 10.0. The lowest BCUT2D eigenvalue weighted by atomic mass is 10.00. The van der Waals surface area contributed by atoms with Crippen molar-refractivity contribution in [2.24, 2.45) is 5.92 Å². The van der Waals surface area contributed by atoms with Crippen molar-refractivity contribution in [3.8, 4) is 0 Å². The van der Waals surface area contributed by atoms with E-state index in [2.05, 4.69) is 5.32 Å². The predicted octanol–water partition coefficient (Wildman–Crippen LogP) is 2.68. The minimum Gasteiger partial charge on any atom is -0.384 e.